The van der Waals surface area contributed by atoms with Gasteiger partial charge in [0.25, 0.3) is 0 Å². The SMILES string of the molecule is CCc1nn(C)cc1NCC(O)CN(CC)CC. The summed E-state index contributed by atoms with van der Waals surface area (Å²) in [5.41, 5.74) is 2.08. The van der Waals surface area contributed by atoms with Crippen LogP contribution in [-0.4, -0.2) is 52.1 Å². The monoisotopic (exact) mass is 254 g/mol. The lowest BCUT2D eigenvalue weighted by Gasteiger charge is -2.22. The van der Waals surface area contributed by atoms with E-state index in [-0.39, 0.29) is 6.10 Å². The highest BCUT2D eigenvalue weighted by Crippen LogP contribution is 2.13. The molecule has 0 fully saturated rings. The number of hydrogen-bond acceptors (Lipinski definition) is 4. The Morgan fingerprint density at radius 1 is 1.39 bits per heavy atom. The number of aliphatic hydroxyl groups is 1. The number of nitrogens with one attached hydrogen (secondary N) is 1. The molecule has 0 amide bonds. The molecule has 0 aliphatic carbocycles. The molecule has 1 rings (SSSR count). The smallest absolute Gasteiger partial charge is 0.0853 e. The van der Waals surface area contributed by atoms with Crippen molar-refractivity contribution in [2.45, 2.75) is 33.3 Å². The van der Waals surface area contributed by atoms with Gasteiger partial charge in [-0.1, -0.05) is 20.8 Å². The van der Waals surface area contributed by atoms with Gasteiger partial charge in [-0.05, 0) is 19.5 Å². The molecular weight excluding hydrogens is 228 g/mol. The molecule has 1 unspecified atom stereocenters. The quantitative estimate of drug-likeness (QED) is 0.729. The first-order chi connectivity index (χ1) is 8.60. The first-order valence-electron chi connectivity index (χ1n) is 6.77. The van der Waals surface area contributed by atoms with Gasteiger partial charge in [-0.25, -0.2) is 0 Å². The molecule has 0 radical (unpaired) electrons. The summed E-state index contributed by atoms with van der Waals surface area (Å²) in [4.78, 5) is 2.22. The van der Waals surface area contributed by atoms with Crippen LogP contribution in [0.2, 0.25) is 0 Å². The normalized spacial score (nSPS) is 13.0. The fourth-order valence-electron chi connectivity index (χ4n) is 2.02. The maximum Gasteiger partial charge on any atom is 0.0853 e. The Labute approximate surface area is 110 Å². The highest BCUT2D eigenvalue weighted by molar-refractivity contribution is 5.46. The molecule has 1 aromatic rings. The van der Waals surface area contributed by atoms with Crippen LogP contribution in [0, 0.1) is 0 Å². The lowest BCUT2D eigenvalue weighted by molar-refractivity contribution is 0.128. The van der Waals surface area contributed by atoms with Gasteiger partial charge in [-0.3, -0.25) is 4.68 Å². The second-order valence-electron chi connectivity index (χ2n) is 4.54. The summed E-state index contributed by atoms with van der Waals surface area (Å²) in [7, 11) is 1.91. The number of hydrogen-bond donors (Lipinski definition) is 2. The summed E-state index contributed by atoms with van der Waals surface area (Å²) in [5, 5.41) is 17.6. The topological polar surface area (TPSA) is 53.3 Å². The summed E-state index contributed by atoms with van der Waals surface area (Å²) in [5.74, 6) is 0. The van der Waals surface area contributed by atoms with Gasteiger partial charge in [0.05, 0.1) is 17.5 Å². The van der Waals surface area contributed by atoms with Crippen molar-refractivity contribution in [3.63, 3.8) is 0 Å². The predicted molar refractivity (Wildman–Crippen MR) is 74.9 cm³/mol. The van der Waals surface area contributed by atoms with Crippen LogP contribution in [0.1, 0.15) is 26.5 Å². The molecule has 2 N–H and O–H groups in total. The van der Waals surface area contributed by atoms with Gasteiger partial charge >= 0.3 is 0 Å². The van der Waals surface area contributed by atoms with Crippen molar-refractivity contribution in [2.75, 3.05) is 31.5 Å². The second kappa shape index (κ2) is 7.38. The van der Waals surface area contributed by atoms with Gasteiger partial charge < -0.3 is 15.3 Å². The lowest BCUT2D eigenvalue weighted by atomic mass is 10.2. The van der Waals surface area contributed by atoms with E-state index in [0.717, 1.165) is 30.9 Å². The molecule has 0 bridgehead atoms. The molecule has 104 valence electrons. The largest absolute Gasteiger partial charge is 0.390 e. The van der Waals surface area contributed by atoms with Crippen molar-refractivity contribution in [1.29, 1.82) is 0 Å². The van der Waals surface area contributed by atoms with Crippen molar-refractivity contribution in [3.05, 3.63) is 11.9 Å². The molecule has 1 aromatic heterocycles. The molecular formula is C13H26N4O. The minimum absolute atomic E-state index is 0.352. The Kier molecular flexibility index (Phi) is 6.15. The van der Waals surface area contributed by atoms with Crippen LogP contribution < -0.4 is 5.32 Å². The average Bonchev–Trinajstić information content (AvgIpc) is 2.73. The molecule has 5 nitrogen and oxygen atoms in total. The molecule has 0 aliphatic heterocycles. The van der Waals surface area contributed by atoms with Gasteiger partial charge in [-0.2, -0.15) is 5.10 Å². The van der Waals surface area contributed by atoms with Crippen molar-refractivity contribution in [3.8, 4) is 0 Å². The number of rotatable bonds is 8. The summed E-state index contributed by atoms with van der Waals surface area (Å²) in [6.45, 7) is 9.53. The molecule has 0 aliphatic rings. The van der Waals surface area contributed by atoms with Crippen LogP contribution in [-0.2, 0) is 13.5 Å². The fraction of sp³-hybridized carbons (Fsp3) is 0.769. The summed E-state index contributed by atoms with van der Waals surface area (Å²) in [6, 6.07) is 0. The van der Waals surface area contributed by atoms with Gasteiger partial charge in [0.1, 0.15) is 0 Å². The zero-order chi connectivity index (χ0) is 13.5. The van der Waals surface area contributed by atoms with Crippen molar-refractivity contribution >= 4 is 5.69 Å². The molecule has 1 heterocycles. The lowest BCUT2D eigenvalue weighted by Crippen LogP contribution is -2.36. The summed E-state index contributed by atoms with van der Waals surface area (Å²) in [6.07, 6.45) is 2.51. The van der Waals surface area contributed by atoms with Crippen LogP contribution in [0.5, 0.6) is 0 Å². The third kappa shape index (κ3) is 4.31. The van der Waals surface area contributed by atoms with Crippen LogP contribution in [0.4, 0.5) is 5.69 Å². The highest BCUT2D eigenvalue weighted by atomic mass is 16.3. The maximum atomic E-state index is 9.98. The van der Waals surface area contributed by atoms with Gasteiger partial charge in [0.2, 0.25) is 0 Å². The van der Waals surface area contributed by atoms with E-state index in [1.807, 2.05) is 13.2 Å². The fourth-order valence-corrected chi connectivity index (χ4v) is 2.02. The molecule has 0 aromatic carbocycles. The van der Waals surface area contributed by atoms with Gasteiger partial charge in [-0.15, -0.1) is 0 Å². The Morgan fingerprint density at radius 3 is 2.61 bits per heavy atom. The Hall–Kier alpha value is -1.07. The maximum absolute atomic E-state index is 9.98. The third-order valence-corrected chi connectivity index (χ3v) is 3.13. The van der Waals surface area contributed by atoms with Gasteiger partial charge in [0.15, 0.2) is 0 Å². The number of aromatic nitrogens is 2. The minimum Gasteiger partial charge on any atom is -0.390 e. The highest BCUT2D eigenvalue weighted by Gasteiger charge is 2.11. The van der Waals surface area contributed by atoms with E-state index in [1.54, 1.807) is 4.68 Å². The molecule has 1 atom stereocenters. The van der Waals surface area contributed by atoms with Crippen LogP contribution >= 0.6 is 0 Å². The predicted octanol–water partition coefficient (Wildman–Crippen LogP) is 1.10. The summed E-state index contributed by atoms with van der Waals surface area (Å²) < 4.78 is 1.80. The van der Waals surface area contributed by atoms with Crippen molar-refractivity contribution in [1.82, 2.24) is 14.7 Å². The average molecular weight is 254 g/mol. The van der Waals surface area contributed by atoms with Crippen molar-refractivity contribution in [2.24, 2.45) is 7.05 Å². The number of likely N-dealkylation sites (N-methyl/N-ethyl adjacent to an activating group) is 1. The van der Waals surface area contributed by atoms with E-state index in [0.29, 0.717) is 13.1 Å². The van der Waals surface area contributed by atoms with Crippen LogP contribution in [0.25, 0.3) is 0 Å². The second-order valence-corrected chi connectivity index (χ2v) is 4.54. The van der Waals surface area contributed by atoms with E-state index in [4.69, 9.17) is 0 Å². The van der Waals surface area contributed by atoms with Crippen LogP contribution in [0.15, 0.2) is 6.20 Å². The van der Waals surface area contributed by atoms with E-state index in [9.17, 15) is 5.11 Å². The summed E-state index contributed by atoms with van der Waals surface area (Å²) >= 11 is 0. The Morgan fingerprint density at radius 2 is 2.06 bits per heavy atom. The first-order valence-corrected chi connectivity index (χ1v) is 6.77. The van der Waals surface area contributed by atoms with E-state index in [1.165, 1.54) is 0 Å². The molecule has 18 heavy (non-hydrogen) atoms. The molecule has 5 heteroatoms. The Bertz CT molecular complexity index is 347. The number of aryl methyl sites for hydroxylation is 2. The molecule has 0 saturated heterocycles. The number of aliphatic hydroxyl groups excluding tert-OH is 1. The van der Waals surface area contributed by atoms with E-state index < -0.39 is 0 Å². The molecule has 0 spiro atoms. The Balaban J connectivity index is 2.44. The zero-order valence-corrected chi connectivity index (χ0v) is 12.0. The minimum atomic E-state index is -0.352. The van der Waals surface area contributed by atoms with E-state index >= 15 is 0 Å². The third-order valence-electron chi connectivity index (χ3n) is 3.13. The standard InChI is InChI=1S/C13H26N4O/c1-5-12-13(10-16(4)15-12)14-8-11(18)9-17(6-2)7-3/h10-11,14,18H,5-9H2,1-4H3. The number of nitrogens with zero attached hydrogens (tertiary/aromatic N) is 3. The van der Waals surface area contributed by atoms with Crippen molar-refractivity contribution < 1.29 is 5.11 Å². The first kappa shape index (κ1) is 15.0. The zero-order valence-electron chi connectivity index (χ0n) is 12.0. The van der Waals surface area contributed by atoms with E-state index in [2.05, 4.69) is 36.1 Å². The van der Waals surface area contributed by atoms with Gasteiger partial charge in [0, 0.05) is 26.3 Å². The van der Waals surface area contributed by atoms with Crippen LogP contribution in [0.3, 0.4) is 0 Å². The molecule has 0 saturated carbocycles. The number of anilines is 1.